The first-order valence-corrected chi connectivity index (χ1v) is 10.4. The minimum atomic E-state index is -0.211. The number of thiazole rings is 1. The van der Waals surface area contributed by atoms with Gasteiger partial charge in [-0.2, -0.15) is 0 Å². The van der Waals surface area contributed by atoms with Crippen molar-refractivity contribution >= 4 is 17.2 Å². The van der Waals surface area contributed by atoms with E-state index in [-0.39, 0.29) is 5.91 Å². The van der Waals surface area contributed by atoms with Gasteiger partial charge in [0.15, 0.2) is 0 Å². The fourth-order valence-corrected chi connectivity index (χ4v) is 3.55. The van der Waals surface area contributed by atoms with Crippen molar-refractivity contribution in [2.45, 2.75) is 19.8 Å². The summed E-state index contributed by atoms with van der Waals surface area (Å²) in [5, 5.41) is 5.30. The van der Waals surface area contributed by atoms with Crippen molar-refractivity contribution < 1.29 is 9.53 Å². The number of carbonyl (C=O) groups excluding carboxylic acids is 1. The molecular formula is C23H20N4O2S. The zero-order valence-corrected chi connectivity index (χ0v) is 17.0. The largest absolute Gasteiger partial charge is 0.372 e. The lowest BCUT2D eigenvalue weighted by molar-refractivity contribution is 0.0946. The number of nitrogens with one attached hydrogen (secondary N) is 1. The zero-order chi connectivity index (χ0) is 20.6. The van der Waals surface area contributed by atoms with E-state index in [0.717, 1.165) is 16.7 Å². The zero-order valence-electron chi connectivity index (χ0n) is 16.2. The van der Waals surface area contributed by atoms with Gasteiger partial charge in [0.1, 0.15) is 16.4 Å². The number of hydrogen-bond acceptors (Lipinski definition) is 6. The number of rotatable bonds is 8. The number of hydrogen-bond donors (Lipinski definition) is 1. The molecule has 2 aromatic carbocycles. The maximum Gasteiger partial charge on any atom is 0.271 e. The van der Waals surface area contributed by atoms with E-state index < -0.39 is 0 Å². The lowest BCUT2D eigenvalue weighted by Gasteiger charge is -2.07. The highest BCUT2D eigenvalue weighted by atomic mass is 32.1. The van der Waals surface area contributed by atoms with Crippen LogP contribution in [-0.2, 0) is 24.5 Å². The molecule has 0 bridgehead atoms. The number of nitrogens with zero attached hydrogens (tertiary/aromatic N) is 3. The SMILES string of the molecule is O=C(NCc1ccc(COCc2ccccc2)cc1)c1csc(-c2cnccn2)n1. The lowest BCUT2D eigenvalue weighted by atomic mass is 10.1. The molecule has 1 amide bonds. The molecule has 0 spiro atoms. The topological polar surface area (TPSA) is 77.0 Å². The third-order valence-electron chi connectivity index (χ3n) is 4.38. The molecule has 7 heteroatoms. The maximum atomic E-state index is 12.4. The van der Waals surface area contributed by atoms with Crippen LogP contribution in [0.2, 0.25) is 0 Å². The number of benzene rings is 2. The van der Waals surface area contributed by atoms with Crippen molar-refractivity contribution in [3.05, 3.63) is 101 Å². The van der Waals surface area contributed by atoms with Crippen LogP contribution in [0.3, 0.4) is 0 Å². The molecule has 2 heterocycles. The molecule has 6 nitrogen and oxygen atoms in total. The van der Waals surface area contributed by atoms with Gasteiger partial charge in [0.05, 0.1) is 19.4 Å². The van der Waals surface area contributed by atoms with Crippen molar-refractivity contribution in [2.75, 3.05) is 0 Å². The normalized spacial score (nSPS) is 10.7. The first-order chi connectivity index (χ1) is 14.8. The van der Waals surface area contributed by atoms with Crippen LogP contribution in [0, 0.1) is 0 Å². The van der Waals surface area contributed by atoms with Crippen LogP contribution in [-0.4, -0.2) is 20.9 Å². The van der Waals surface area contributed by atoms with Gasteiger partial charge in [0.25, 0.3) is 5.91 Å². The monoisotopic (exact) mass is 416 g/mol. The van der Waals surface area contributed by atoms with Gasteiger partial charge in [-0.05, 0) is 16.7 Å². The summed E-state index contributed by atoms with van der Waals surface area (Å²) in [7, 11) is 0. The standard InChI is InChI=1S/C23H20N4O2S/c28-22(21-16-30-23(27-21)20-13-24-10-11-25-20)26-12-17-6-8-19(9-7-17)15-29-14-18-4-2-1-3-5-18/h1-11,13,16H,12,14-15H2,(H,26,28). The summed E-state index contributed by atoms with van der Waals surface area (Å²) in [6.07, 6.45) is 4.84. The maximum absolute atomic E-state index is 12.4. The van der Waals surface area contributed by atoms with Crippen LogP contribution in [0.5, 0.6) is 0 Å². The summed E-state index contributed by atoms with van der Waals surface area (Å²) in [4.78, 5) is 25.0. The summed E-state index contributed by atoms with van der Waals surface area (Å²) < 4.78 is 5.75. The van der Waals surface area contributed by atoms with Crippen molar-refractivity contribution in [1.29, 1.82) is 0 Å². The van der Waals surface area contributed by atoms with E-state index in [1.807, 2.05) is 54.6 Å². The van der Waals surface area contributed by atoms with Gasteiger partial charge in [-0.25, -0.2) is 4.98 Å². The number of amides is 1. The summed E-state index contributed by atoms with van der Waals surface area (Å²) in [5.41, 5.74) is 4.30. The second kappa shape index (κ2) is 9.87. The predicted octanol–water partition coefficient (Wildman–Crippen LogP) is 4.25. The Labute approximate surface area is 178 Å². The Morgan fingerprint density at radius 2 is 1.67 bits per heavy atom. The third-order valence-corrected chi connectivity index (χ3v) is 5.24. The highest BCUT2D eigenvalue weighted by Gasteiger charge is 2.12. The summed E-state index contributed by atoms with van der Waals surface area (Å²) in [5.74, 6) is -0.211. The van der Waals surface area contributed by atoms with Gasteiger partial charge in [-0.15, -0.1) is 11.3 Å². The first kappa shape index (κ1) is 19.9. The fraction of sp³-hybridized carbons (Fsp3) is 0.130. The van der Waals surface area contributed by atoms with E-state index in [9.17, 15) is 4.79 Å². The number of ether oxygens (including phenoxy) is 1. The van der Waals surface area contributed by atoms with Gasteiger partial charge in [0, 0.05) is 24.3 Å². The van der Waals surface area contributed by atoms with E-state index in [2.05, 4.69) is 20.3 Å². The summed E-state index contributed by atoms with van der Waals surface area (Å²) >= 11 is 1.37. The van der Waals surface area contributed by atoms with E-state index in [1.165, 1.54) is 11.3 Å². The van der Waals surface area contributed by atoms with Crippen LogP contribution in [0.4, 0.5) is 0 Å². The highest BCUT2D eigenvalue weighted by molar-refractivity contribution is 7.13. The molecule has 4 aromatic rings. The Morgan fingerprint density at radius 3 is 2.40 bits per heavy atom. The molecule has 30 heavy (non-hydrogen) atoms. The second-order valence-electron chi connectivity index (χ2n) is 6.61. The minimum Gasteiger partial charge on any atom is -0.372 e. The highest BCUT2D eigenvalue weighted by Crippen LogP contribution is 2.20. The average Bonchev–Trinajstić information content (AvgIpc) is 3.30. The van der Waals surface area contributed by atoms with Crippen LogP contribution in [0.15, 0.2) is 78.6 Å². The van der Waals surface area contributed by atoms with Crippen molar-refractivity contribution in [3.63, 3.8) is 0 Å². The molecule has 2 aromatic heterocycles. The van der Waals surface area contributed by atoms with Gasteiger partial charge < -0.3 is 10.1 Å². The van der Waals surface area contributed by atoms with E-state index in [4.69, 9.17) is 4.74 Å². The lowest BCUT2D eigenvalue weighted by Crippen LogP contribution is -2.23. The first-order valence-electron chi connectivity index (χ1n) is 9.47. The van der Waals surface area contributed by atoms with Gasteiger partial charge >= 0.3 is 0 Å². The molecule has 0 aliphatic heterocycles. The molecule has 150 valence electrons. The molecule has 0 saturated carbocycles. The van der Waals surface area contributed by atoms with Crippen LogP contribution in [0.1, 0.15) is 27.2 Å². The third kappa shape index (κ3) is 5.34. The summed E-state index contributed by atoms with van der Waals surface area (Å²) in [6.45, 7) is 1.57. The van der Waals surface area contributed by atoms with E-state index in [1.54, 1.807) is 24.0 Å². The van der Waals surface area contributed by atoms with Crippen molar-refractivity contribution in [1.82, 2.24) is 20.3 Å². The predicted molar refractivity (Wildman–Crippen MR) is 116 cm³/mol. The smallest absolute Gasteiger partial charge is 0.271 e. The number of aromatic nitrogens is 3. The summed E-state index contributed by atoms with van der Waals surface area (Å²) in [6, 6.07) is 18.1. The molecule has 1 N–H and O–H groups in total. The Morgan fingerprint density at radius 1 is 0.933 bits per heavy atom. The Balaban J connectivity index is 1.26. The minimum absolute atomic E-state index is 0.211. The Hall–Kier alpha value is -3.42. The molecule has 0 saturated heterocycles. The average molecular weight is 417 g/mol. The second-order valence-corrected chi connectivity index (χ2v) is 7.46. The van der Waals surface area contributed by atoms with Crippen molar-refractivity contribution in [2.24, 2.45) is 0 Å². The molecule has 0 radical (unpaired) electrons. The van der Waals surface area contributed by atoms with E-state index in [0.29, 0.717) is 36.2 Å². The fourth-order valence-electron chi connectivity index (χ4n) is 2.79. The quantitative estimate of drug-likeness (QED) is 0.465. The Kier molecular flexibility index (Phi) is 6.54. The van der Waals surface area contributed by atoms with Crippen molar-refractivity contribution in [3.8, 4) is 10.7 Å². The Bertz CT molecular complexity index is 1080. The van der Waals surface area contributed by atoms with Crippen LogP contribution >= 0.6 is 11.3 Å². The van der Waals surface area contributed by atoms with Gasteiger partial charge in [-0.3, -0.25) is 14.8 Å². The molecule has 0 aliphatic rings. The molecule has 0 fully saturated rings. The van der Waals surface area contributed by atoms with Crippen LogP contribution < -0.4 is 5.32 Å². The molecule has 4 rings (SSSR count). The number of carbonyl (C=O) groups is 1. The molecule has 0 atom stereocenters. The molecule has 0 unspecified atom stereocenters. The van der Waals surface area contributed by atoms with Crippen LogP contribution in [0.25, 0.3) is 10.7 Å². The molecule has 0 aliphatic carbocycles. The van der Waals surface area contributed by atoms with Gasteiger partial charge in [0.2, 0.25) is 0 Å². The van der Waals surface area contributed by atoms with E-state index >= 15 is 0 Å². The van der Waals surface area contributed by atoms with Gasteiger partial charge in [-0.1, -0.05) is 54.6 Å². The molecular weight excluding hydrogens is 396 g/mol.